The van der Waals surface area contributed by atoms with Gasteiger partial charge >= 0.3 is 0 Å². The van der Waals surface area contributed by atoms with Crippen molar-refractivity contribution in [2.45, 2.75) is 4.90 Å². The van der Waals surface area contributed by atoms with Gasteiger partial charge in [0, 0.05) is 8.95 Å². The van der Waals surface area contributed by atoms with Crippen LogP contribution in [0.3, 0.4) is 0 Å². The number of phenols is 1. The van der Waals surface area contributed by atoms with E-state index in [9.17, 15) is 13.5 Å². The zero-order valence-corrected chi connectivity index (χ0v) is 14.5. The van der Waals surface area contributed by atoms with Crippen LogP contribution in [0.1, 0.15) is 0 Å². The maximum Gasteiger partial charge on any atom is 0.263 e. The molecule has 0 aliphatic carbocycles. The highest BCUT2D eigenvalue weighted by atomic mass is 79.9. The quantitative estimate of drug-likeness (QED) is 0.695. The van der Waals surface area contributed by atoms with Crippen LogP contribution in [-0.2, 0) is 10.0 Å². The topological polar surface area (TPSA) is 66.4 Å². The minimum Gasteiger partial charge on any atom is -0.504 e. The van der Waals surface area contributed by atoms with E-state index in [2.05, 4.69) is 36.6 Å². The van der Waals surface area contributed by atoms with Crippen molar-refractivity contribution in [3.63, 3.8) is 0 Å². The van der Waals surface area contributed by atoms with Crippen LogP contribution in [0.5, 0.6) is 5.75 Å². The van der Waals surface area contributed by atoms with Crippen LogP contribution in [0.25, 0.3) is 0 Å². The van der Waals surface area contributed by atoms with Gasteiger partial charge in [-0.25, -0.2) is 8.42 Å². The van der Waals surface area contributed by atoms with Gasteiger partial charge in [-0.3, -0.25) is 4.72 Å². The lowest BCUT2D eigenvalue weighted by Gasteiger charge is -2.11. The van der Waals surface area contributed by atoms with E-state index >= 15 is 0 Å². The van der Waals surface area contributed by atoms with Crippen LogP contribution in [-0.4, -0.2) is 13.5 Å². The highest BCUT2D eigenvalue weighted by Crippen LogP contribution is 2.34. The fourth-order valence-electron chi connectivity index (χ4n) is 1.48. The molecule has 0 heterocycles. The number of anilines is 1. The maximum atomic E-state index is 12.3. The first-order valence-electron chi connectivity index (χ1n) is 5.26. The van der Waals surface area contributed by atoms with Crippen LogP contribution < -0.4 is 4.72 Å². The highest BCUT2D eigenvalue weighted by molar-refractivity contribution is 9.11. The lowest BCUT2D eigenvalue weighted by molar-refractivity contribution is 0.478. The first kappa shape index (κ1) is 15.6. The molecule has 0 radical (unpaired) electrons. The Bertz CT molecular complexity index is 765. The number of hydrogen-bond donors (Lipinski definition) is 2. The standard InChI is InChI=1S/C12H8Br2ClNO3S/c13-7-4-5-8(14)11(6-7)20(18,19)16-10-3-1-2-9(15)12(10)17/h1-6,16-17H. The van der Waals surface area contributed by atoms with Crippen molar-refractivity contribution in [3.8, 4) is 5.75 Å². The molecule has 0 atom stereocenters. The molecule has 0 spiro atoms. The second-order valence-corrected chi connectivity index (χ2v) is 7.64. The van der Waals surface area contributed by atoms with Crippen LogP contribution in [0.4, 0.5) is 5.69 Å². The summed E-state index contributed by atoms with van der Waals surface area (Å²) in [6.45, 7) is 0. The van der Waals surface area contributed by atoms with Crippen molar-refractivity contribution in [1.29, 1.82) is 0 Å². The van der Waals surface area contributed by atoms with Gasteiger partial charge < -0.3 is 5.11 Å². The first-order chi connectivity index (χ1) is 9.31. The fraction of sp³-hybridized carbons (Fsp3) is 0. The number of nitrogens with one attached hydrogen (secondary N) is 1. The summed E-state index contributed by atoms with van der Waals surface area (Å²) in [6.07, 6.45) is 0. The van der Waals surface area contributed by atoms with E-state index in [-0.39, 0.29) is 21.4 Å². The summed E-state index contributed by atoms with van der Waals surface area (Å²) in [5.74, 6) is -0.316. The Morgan fingerprint density at radius 1 is 1.15 bits per heavy atom. The molecule has 0 bridgehead atoms. The molecule has 106 valence electrons. The van der Waals surface area contributed by atoms with E-state index in [0.717, 1.165) is 0 Å². The predicted octanol–water partition coefficient (Wildman–Crippen LogP) is 4.37. The zero-order valence-electron chi connectivity index (χ0n) is 9.77. The van der Waals surface area contributed by atoms with E-state index in [1.807, 2.05) is 0 Å². The molecule has 2 rings (SSSR count). The van der Waals surface area contributed by atoms with E-state index in [4.69, 9.17) is 11.6 Å². The predicted molar refractivity (Wildman–Crippen MR) is 85.8 cm³/mol. The van der Waals surface area contributed by atoms with Gasteiger partial charge in [-0.2, -0.15) is 0 Å². The van der Waals surface area contributed by atoms with Gasteiger partial charge in [-0.05, 0) is 46.3 Å². The molecular formula is C12H8Br2ClNO3S. The Labute approximate surface area is 138 Å². The van der Waals surface area contributed by atoms with E-state index in [1.54, 1.807) is 12.1 Å². The molecular weight excluding hydrogens is 433 g/mol. The first-order valence-corrected chi connectivity index (χ1v) is 8.71. The largest absolute Gasteiger partial charge is 0.504 e. The summed E-state index contributed by atoms with van der Waals surface area (Å²) < 4.78 is 28.0. The van der Waals surface area contributed by atoms with Crippen LogP contribution in [0.2, 0.25) is 5.02 Å². The van der Waals surface area contributed by atoms with Crippen LogP contribution in [0.15, 0.2) is 50.2 Å². The van der Waals surface area contributed by atoms with Crippen LogP contribution >= 0.6 is 43.5 Å². The van der Waals surface area contributed by atoms with Gasteiger partial charge in [-0.15, -0.1) is 0 Å². The molecule has 2 aromatic rings. The molecule has 0 saturated heterocycles. The van der Waals surface area contributed by atoms with Crippen molar-refractivity contribution in [2.24, 2.45) is 0 Å². The molecule has 4 nitrogen and oxygen atoms in total. The Morgan fingerprint density at radius 3 is 2.55 bits per heavy atom. The van der Waals surface area contributed by atoms with E-state index in [0.29, 0.717) is 8.95 Å². The average molecular weight is 442 g/mol. The molecule has 0 amide bonds. The zero-order chi connectivity index (χ0) is 14.9. The summed E-state index contributed by atoms with van der Waals surface area (Å²) in [7, 11) is -3.85. The van der Waals surface area contributed by atoms with Gasteiger partial charge in [0.05, 0.1) is 10.7 Å². The van der Waals surface area contributed by atoms with Crippen molar-refractivity contribution in [3.05, 3.63) is 50.4 Å². The van der Waals surface area contributed by atoms with Gasteiger partial charge in [0.25, 0.3) is 10.0 Å². The highest BCUT2D eigenvalue weighted by Gasteiger charge is 2.20. The Hall–Kier alpha value is -0.760. The van der Waals surface area contributed by atoms with Crippen molar-refractivity contribution < 1.29 is 13.5 Å². The number of aromatic hydroxyl groups is 1. The summed E-state index contributed by atoms with van der Waals surface area (Å²) in [4.78, 5) is 0.0475. The van der Waals surface area contributed by atoms with Crippen molar-refractivity contribution >= 4 is 59.2 Å². The van der Waals surface area contributed by atoms with Crippen molar-refractivity contribution in [2.75, 3.05) is 4.72 Å². The summed E-state index contributed by atoms with van der Waals surface area (Å²) in [6, 6.07) is 9.19. The van der Waals surface area contributed by atoms with Crippen LogP contribution in [0, 0.1) is 0 Å². The third kappa shape index (κ3) is 3.28. The van der Waals surface area contributed by atoms with Gasteiger partial charge in [-0.1, -0.05) is 33.6 Å². The fourth-order valence-corrected chi connectivity index (χ4v) is 4.22. The van der Waals surface area contributed by atoms with E-state index < -0.39 is 10.0 Å². The number of hydrogen-bond acceptors (Lipinski definition) is 3. The van der Waals surface area contributed by atoms with Crippen molar-refractivity contribution in [1.82, 2.24) is 0 Å². The molecule has 0 aliphatic heterocycles. The second-order valence-electron chi connectivity index (χ2n) is 3.82. The lowest BCUT2D eigenvalue weighted by atomic mass is 10.3. The molecule has 20 heavy (non-hydrogen) atoms. The Morgan fingerprint density at radius 2 is 1.85 bits per heavy atom. The summed E-state index contributed by atoms with van der Waals surface area (Å²) >= 11 is 12.1. The summed E-state index contributed by atoms with van der Waals surface area (Å²) in [5.41, 5.74) is 0.0179. The SMILES string of the molecule is O=S(=O)(Nc1cccc(Cl)c1O)c1cc(Br)ccc1Br. The number of benzene rings is 2. The lowest BCUT2D eigenvalue weighted by Crippen LogP contribution is -2.13. The monoisotopic (exact) mass is 439 g/mol. The summed E-state index contributed by atoms with van der Waals surface area (Å²) in [5, 5.41) is 9.82. The Kier molecular flexibility index (Phi) is 4.63. The minimum absolute atomic E-state index is 0.0179. The number of phenolic OH excluding ortho intramolecular Hbond substituents is 1. The third-order valence-corrected chi connectivity index (χ3v) is 5.57. The number of sulfonamides is 1. The Balaban J connectivity index is 2.46. The normalized spacial score (nSPS) is 11.3. The molecule has 0 fully saturated rings. The third-order valence-electron chi connectivity index (χ3n) is 2.41. The molecule has 0 unspecified atom stereocenters. The second kappa shape index (κ2) is 5.93. The van der Waals surface area contributed by atoms with E-state index in [1.165, 1.54) is 24.3 Å². The molecule has 0 saturated carbocycles. The number of rotatable bonds is 3. The molecule has 0 aromatic heterocycles. The smallest absolute Gasteiger partial charge is 0.263 e. The van der Waals surface area contributed by atoms with Gasteiger partial charge in [0.2, 0.25) is 0 Å². The van der Waals surface area contributed by atoms with Gasteiger partial charge in [0.1, 0.15) is 4.90 Å². The molecule has 0 aliphatic rings. The average Bonchev–Trinajstić information content (AvgIpc) is 2.37. The molecule has 2 N–H and O–H groups in total. The molecule has 2 aromatic carbocycles. The number of halogens is 3. The maximum absolute atomic E-state index is 12.3. The number of para-hydroxylation sites is 1. The van der Waals surface area contributed by atoms with Gasteiger partial charge in [0.15, 0.2) is 5.75 Å². The molecule has 8 heteroatoms. The minimum atomic E-state index is -3.85.